The molecule has 0 aromatic heterocycles. The number of carbonyl (C=O) groups excluding carboxylic acids is 1. The summed E-state index contributed by atoms with van der Waals surface area (Å²) in [5.74, 6) is 0.391. The Hall–Kier alpha value is -1.55. The van der Waals surface area contributed by atoms with Gasteiger partial charge in [0.05, 0.1) is 5.69 Å². The summed E-state index contributed by atoms with van der Waals surface area (Å²) in [4.78, 5) is 12.3. The van der Waals surface area contributed by atoms with E-state index < -0.39 is 0 Å². The summed E-state index contributed by atoms with van der Waals surface area (Å²) < 4.78 is 0. The fourth-order valence-electron chi connectivity index (χ4n) is 2.34. The van der Waals surface area contributed by atoms with E-state index >= 15 is 0 Å². The molecule has 0 atom stereocenters. The number of hydrogen-bond donors (Lipinski definition) is 3. The van der Waals surface area contributed by atoms with Crippen molar-refractivity contribution in [2.75, 3.05) is 25.0 Å². The van der Waals surface area contributed by atoms with Crippen molar-refractivity contribution in [2.24, 2.45) is 5.92 Å². The third-order valence-corrected chi connectivity index (χ3v) is 3.36. The highest BCUT2D eigenvalue weighted by Gasteiger charge is 2.22. The molecule has 0 unspecified atom stereocenters. The van der Waals surface area contributed by atoms with Gasteiger partial charge in [-0.3, -0.25) is 4.79 Å². The van der Waals surface area contributed by atoms with Crippen molar-refractivity contribution < 1.29 is 9.90 Å². The number of nitrogens with one attached hydrogen (secondary N) is 2. The largest absolute Gasteiger partial charge is 0.506 e. The number of anilines is 1. The van der Waals surface area contributed by atoms with Gasteiger partial charge in [-0.1, -0.05) is 0 Å². The van der Waals surface area contributed by atoms with Crippen LogP contribution in [0.15, 0.2) is 18.2 Å². The molecule has 1 aromatic rings. The highest BCUT2D eigenvalue weighted by atomic mass is 16.3. The monoisotopic (exact) mass is 248 g/mol. The lowest BCUT2D eigenvalue weighted by Gasteiger charge is -2.21. The van der Waals surface area contributed by atoms with E-state index in [4.69, 9.17) is 0 Å². The molecular formula is C14H20N2O2. The Morgan fingerprint density at radius 3 is 2.78 bits per heavy atom. The number of phenols is 1. The van der Waals surface area contributed by atoms with Crippen LogP contribution in [0.1, 0.15) is 30.1 Å². The molecule has 3 N–H and O–H groups in total. The SMILES string of the molecule is CCNc1ccc(C(=O)C2CCNCC2)cc1O. The van der Waals surface area contributed by atoms with Crippen LogP contribution in [0.5, 0.6) is 5.75 Å². The first-order valence-corrected chi connectivity index (χ1v) is 6.54. The second-order valence-electron chi connectivity index (χ2n) is 4.65. The molecule has 1 aliphatic heterocycles. The number of Topliss-reactive ketones (excluding diaryl/α,β-unsaturated/α-hetero) is 1. The van der Waals surface area contributed by atoms with Gasteiger partial charge in [0.2, 0.25) is 0 Å². The Kier molecular flexibility index (Phi) is 4.20. The third kappa shape index (κ3) is 2.82. The first-order chi connectivity index (χ1) is 8.72. The number of hydrogen-bond acceptors (Lipinski definition) is 4. The van der Waals surface area contributed by atoms with Crippen LogP contribution in [0.25, 0.3) is 0 Å². The number of carbonyl (C=O) groups is 1. The Balaban J connectivity index is 2.12. The van der Waals surface area contributed by atoms with Crippen molar-refractivity contribution in [1.29, 1.82) is 0 Å². The molecule has 1 heterocycles. The maximum Gasteiger partial charge on any atom is 0.166 e. The van der Waals surface area contributed by atoms with Crippen LogP contribution in [0.4, 0.5) is 5.69 Å². The molecule has 1 fully saturated rings. The minimum absolute atomic E-state index is 0.0932. The minimum atomic E-state index is 0.0932. The van der Waals surface area contributed by atoms with Gasteiger partial charge in [0.15, 0.2) is 5.78 Å². The first-order valence-electron chi connectivity index (χ1n) is 6.54. The summed E-state index contributed by atoms with van der Waals surface area (Å²) in [5.41, 5.74) is 1.29. The summed E-state index contributed by atoms with van der Waals surface area (Å²) in [7, 11) is 0. The van der Waals surface area contributed by atoms with Crippen LogP contribution in [0.3, 0.4) is 0 Å². The van der Waals surface area contributed by atoms with Crippen LogP contribution >= 0.6 is 0 Å². The highest BCUT2D eigenvalue weighted by Crippen LogP contribution is 2.26. The average molecular weight is 248 g/mol. The summed E-state index contributed by atoms with van der Waals surface area (Å²) in [6, 6.07) is 5.14. The van der Waals surface area contributed by atoms with E-state index in [1.54, 1.807) is 18.2 Å². The molecule has 0 saturated carbocycles. The van der Waals surface area contributed by atoms with Gasteiger partial charge in [-0.15, -0.1) is 0 Å². The van der Waals surface area contributed by atoms with Gasteiger partial charge < -0.3 is 15.7 Å². The molecule has 1 aliphatic rings. The first kappa shape index (κ1) is 12.9. The number of ketones is 1. The quantitative estimate of drug-likeness (QED) is 0.563. The van der Waals surface area contributed by atoms with Crippen LogP contribution in [0.2, 0.25) is 0 Å². The Bertz CT molecular complexity index is 426. The summed E-state index contributed by atoms with van der Waals surface area (Å²) in [6.07, 6.45) is 1.77. The number of benzene rings is 1. The van der Waals surface area contributed by atoms with Crippen molar-refractivity contribution >= 4 is 11.5 Å². The van der Waals surface area contributed by atoms with Gasteiger partial charge in [0.1, 0.15) is 5.75 Å². The fourth-order valence-corrected chi connectivity index (χ4v) is 2.34. The smallest absolute Gasteiger partial charge is 0.166 e. The molecule has 0 amide bonds. The number of phenolic OH excluding ortho intramolecular Hbond substituents is 1. The summed E-state index contributed by atoms with van der Waals surface area (Å²) in [5, 5.41) is 16.1. The van der Waals surface area contributed by atoms with Crippen LogP contribution in [-0.2, 0) is 0 Å². The second-order valence-corrected chi connectivity index (χ2v) is 4.65. The molecule has 4 heteroatoms. The van der Waals surface area contributed by atoms with Crippen molar-refractivity contribution in [3.05, 3.63) is 23.8 Å². The Morgan fingerprint density at radius 1 is 1.44 bits per heavy atom. The molecule has 1 saturated heterocycles. The summed E-state index contributed by atoms with van der Waals surface area (Å²) >= 11 is 0. The average Bonchev–Trinajstić information content (AvgIpc) is 2.41. The van der Waals surface area contributed by atoms with E-state index in [-0.39, 0.29) is 17.5 Å². The zero-order valence-electron chi connectivity index (χ0n) is 10.7. The van der Waals surface area contributed by atoms with Gasteiger partial charge in [-0.25, -0.2) is 0 Å². The molecular weight excluding hydrogens is 228 g/mol. The lowest BCUT2D eigenvalue weighted by molar-refractivity contribution is 0.0894. The van der Waals surface area contributed by atoms with Gasteiger partial charge >= 0.3 is 0 Å². The molecule has 0 spiro atoms. The van der Waals surface area contributed by atoms with Crippen molar-refractivity contribution in [3.8, 4) is 5.75 Å². The molecule has 2 rings (SSSR count). The zero-order chi connectivity index (χ0) is 13.0. The predicted octanol–water partition coefficient (Wildman–Crippen LogP) is 2.01. The zero-order valence-corrected chi connectivity index (χ0v) is 10.7. The van der Waals surface area contributed by atoms with E-state index in [1.165, 1.54) is 0 Å². The standard InChI is InChI=1S/C14H20N2O2/c1-2-16-12-4-3-11(9-13(12)17)14(18)10-5-7-15-8-6-10/h3-4,9-10,15-17H,2,5-8H2,1H3. The normalized spacial score (nSPS) is 16.5. The van der Waals surface area contributed by atoms with E-state index in [1.807, 2.05) is 6.92 Å². The van der Waals surface area contributed by atoms with E-state index in [0.717, 1.165) is 32.5 Å². The number of rotatable bonds is 4. The number of piperidine rings is 1. The van der Waals surface area contributed by atoms with E-state index in [9.17, 15) is 9.90 Å². The lowest BCUT2D eigenvalue weighted by atomic mass is 9.89. The van der Waals surface area contributed by atoms with Crippen LogP contribution in [-0.4, -0.2) is 30.5 Å². The van der Waals surface area contributed by atoms with Crippen molar-refractivity contribution in [2.45, 2.75) is 19.8 Å². The molecule has 0 bridgehead atoms. The van der Waals surface area contributed by atoms with E-state index in [2.05, 4.69) is 10.6 Å². The minimum Gasteiger partial charge on any atom is -0.506 e. The van der Waals surface area contributed by atoms with Gasteiger partial charge in [0, 0.05) is 18.0 Å². The second kappa shape index (κ2) is 5.87. The maximum atomic E-state index is 12.3. The molecule has 4 nitrogen and oxygen atoms in total. The highest BCUT2D eigenvalue weighted by molar-refractivity contribution is 5.98. The Morgan fingerprint density at radius 2 is 2.17 bits per heavy atom. The molecule has 98 valence electrons. The summed E-state index contributed by atoms with van der Waals surface area (Å²) in [6.45, 7) is 4.51. The van der Waals surface area contributed by atoms with Gasteiger partial charge in [-0.05, 0) is 51.1 Å². The third-order valence-electron chi connectivity index (χ3n) is 3.36. The molecule has 18 heavy (non-hydrogen) atoms. The van der Waals surface area contributed by atoms with Gasteiger partial charge in [-0.2, -0.15) is 0 Å². The van der Waals surface area contributed by atoms with Crippen LogP contribution in [0, 0.1) is 5.92 Å². The van der Waals surface area contributed by atoms with Crippen LogP contribution < -0.4 is 10.6 Å². The number of aromatic hydroxyl groups is 1. The maximum absolute atomic E-state index is 12.3. The Labute approximate surface area is 107 Å². The predicted molar refractivity (Wildman–Crippen MR) is 72.2 cm³/mol. The topological polar surface area (TPSA) is 61.4 Å². The van der Waals surface area contributed by atoms with Crippen molar-refractivity contribution in [1.82, 2.24) is 5.32 Å². The fraction of sp³-hybridized carbons (Fsp3) is 0.500. The van der Waals surface area contributed by atoms with E-state index in [0.29, 0.717) is 11.3 Å². The molecule has 0 radical (unpaired) electrons. The molecule has 1 aromatic carbocycles. The van der Waals surface area contributed by atoms with Crippen molar-refractivity contribution in [3.63, 3.8) is 0 Å². The molecule has 0 aliphatic carbocycles. The van der Waals surface area contributed by atoms with Gasteiger partial charge in [0.25, 0.3) is 0 Å². The lowest BCUT2D eigenvalue weighted by Crippen LogP contribution is -2.31.